The number of nitrogens with zero attached hydrogens (tertiary/aromatic N) is 1. The Hall–Kier alpha value is -2.88. The van der Waals surface area contributed by atoms with Gasteiger partial charge >= 0.3 is 5.97 Å². The number of rotatable bonds is 5. The molecule has 0 aromatic heterocycles. The van der Waals surface area contributed by atoms with Crippen LogP contribution in [0.1, 0.15) is 15.9 Å². The van der Waals surface area contributed by atoms with Crippen molar-refractivity contribution in [2.75, 3.05) is 20.2 Å². The van der Waals surface area contributed by atoms with E-state index in [0.717, 1.165) is 0 Å². The standard InChI is InChI=1S/C13H13N3O4/c1-15-11(17)7-16-12(18)8-20-13(19)10-4-2-9(6-14)3-5-10/h2-5H,7-8H2,1H3,(H,15,17)(H,16,18). The van der Waals surface area contributed by atoms with Crippen LogP contribution in [-0.4, -0.2) is 38.0 Å². The van der Waals surface area contributed by atoms with E-state index in [0.29, 0.717) is 5.56 Å². The summed E-state index contributed by atoms with van der Waals surface area (Å²) in [4.78, 5) is 33.7. The molecule has 0 radical (unpaired) electrons. The quantitative estimate of drug-likeness (QED) is 0.709. The lowest BCUT2D eigenvalue weighted by Crippen LogP contribution is -2.37. The van der Waals surface area contributed by atoms with E-state index in [1.807, 2.05) is 6.07 Å². The average Bonchev–Trinajstić information content (AvgIpc) is 2.50. The number of nitrogens with one attached hydrogen (secondary N) is 2. The van der Waals surface area contributed by atoms with Gasteiger partial charge < -0.3 is 15.4 Å². The smallest absolute Gasteiger partial charge is 0.338 e. The molecule has 0 aliphatic rings. The van der Waals surface area contributed by atoms with Crippen LogP contribution in [0.15, 0.2) is 24.3 Å². The summed E-state index contributed by atoms with van der Waals surface area (Å²) >= 11 is 0. The van der Waals surface area contributed by atoms with Crippen molar-refractivity contribution in [1.82, 2.24) is 10.6 Å². The zero-order chi connectivity index (χ0) is 15.0. The lowest BCUT2D eigenvalue weighted by Gasteiger charge is -2.06. The van der Waals surface area contributed by atoms with E-state index in [-0.39, 0.29) is 18.0 Å². The highest BCUT2D eigenvalue weighted by molar-refractivity contribution is 5.92. The first-order chi connectivity index (χ1) is 9.56. The molecule has 0 fully saturated rings. The lowest BCUT2D eigenvalue weighted by molar-refractivity contribution is -0.127. The van der Waals surface area contributed by atoms with Crippen LogP contribution in [0.2, 0.25) is 0 Å². The number of carbonyl (C=O) groups is 3. The third kappa shape index (κ3) is 4.78. The molecule has 1 aromatic carbocycles. The molecule has 0 heterocycles. The minimum Gasteiger partial charge on any atom is -0.452 e. The van der Waals surface area contributed by atoms with Crippen molar-refractivity contribution in [1.29, 1.82) is 5.26 Å². The number of benzene rings is 1. The Balaban J connectivity index is 2.41. The minimum absolute atomic E-state index is 0.177. The molecule has 2 amide bonds. The molecule has 1 aromatic rings. The number of amides is 2. The van der Waals surface area contributed by atoms with Gasteiger partial charge in [-0.15, -0.1) is 0 Å². The van der Waals surface area contributed by atoms with Gasteiger partial charge in [-0.25, -0.2) is 4.79 Å². The minimum atomic E-state index is -0.676. The first-order valence-electron chi connectivity index (χ1n) is 5.71. The lowest BCUT2D eigenvalue weighted by atomic mass is 10.1. The molecule has 104 valence electrons. The van der Waals surface area contributed by atoms with Crippen LogP contribution in [0.5, 0.6) is 0 Å². The summed E-state index contributed by atoms with van der Waals surface area (Å²) in [6, 6.07) is 7.74. The van der Waals surface area contributed by atoms with Crippen molar-refractivity contribution >= 4 is 17.8 Å². The summed E-state index contributed by atoms with van der Waals surface area (Å²) < 4.78 is 4.76. The molecule has 0 aliphatic carbocycles. The van der Waals surface area contributed by atoms with Gasteiger partial charge in [0.25, 0.3) is 5.91 Å². The summed E-state index contributed by atoms with van der Waals surface area (Å²) in [6.45, 7) is -0.653. The van der Waals surface area contributed by atoms with Crippen molar-refractivity contribution in [2.45, 2.75) is 0 Å². The Morgan fingerprint density at radius 1 is 1.20 bits per heavy atom. The van der Waals surface area contributed by atoms with E-state index in [9.17, 15) is 14.4 Å². The second kappa shape index (κ2) is 7.53. The normalized spacial score (nSPS) is 9.20. The predicted molar refractivity (Wildman–Crippen MR) is 68.5 cm³/mol. The molecular weight excluding hydrogens is 262 g/mol. The zero-order valence-electron chi connectivity index (χ0n) is 10.8. The Morgan fingerprint density at radius 2 is 1.85 bits per heavy atom. The van der Waals surface area contributed by atoms with Crippen LogP contribution < -0.4 is 10.6 Å². The molecule has 1 rings (SSSR count). The fourth-order valence-corrected chi connectivity index (χ4v) is 1.21. The Labute approximate surface area is 115 Å². The average molecular weight is 275 g/mol. The van der Waals surface area contributed by atoms with Gasteiger partial charge in [0.05, 0.1) is 23.7 Å². The number of carbonyl (C=O) groups excluding carboxylic acids is 3. The van der Waals surface area contributed by atoms with Crippen LogP contribution in [0.4, 0.5) is 0 Å². The van der Waals surface area contributed by atoms with E-state index in [4.69, 9.17) is 10.00 Å². The molecule has 0 saturated carbocycles. The fraction of sp³-hybridized carbons (Fsp3) is 0.231. The van der Waals surface area contributed by atoms with Gasteiger partial charge in [0, 0.05) is 7.05 Å². The number of hydrogen-bond donors (Lipinski definition) is 2. The summed E-state index contributed by atoms with van der Waals surface area (Å²) in [5.74, 6) is -1.60. The number of esters is 1. The largest absolute Gasteiger partial charge is 0.452 e. The number of ether oxygens (including phenoxy) is 1. The molecule has 7 nitrogen and oxygen atoms in total. The Morgan fingerprint density at radius 3 is 2.40 bits per heavy atom. The van der Waals surface area contributed by atoms with Crippen LogP contribution in [-0.2, 0) is 14.3 Å². The second-order valence-corrected chi connectivity index (χ2v) is 3.72. The van der Waals surface area contributed by atoms with Gasteiger partial charge in [-0.05, 0) is 24.3 Å². The maximum atomic E-state index is 11.6. The third-order valence-corrected chi connectivity index (χ3v) is 2.31. The van der Waals surface area contributed by atoms with Gasteiger partial charge in [0.15, 0.2) is 6.61 Å². The van der Waals surface area contributed by atoms with Gasteiger partial charge in [0.1, 0.15) is 0 Å². The molecule has 0 unspecified atom stereocenters. The number of hydrogen-bond acceptors (Lipinski definition) is 5. The van der Waals surface area contributed by atoms with Crippen LogP contribution in [0.3, 0.4) is 0 Å². The number of likely N-dealkylation sites (N-methyl/N-ethyl adjacent to an activating group) is 1. The third-order valence-electron chi connectivity index (χ3n) is 2.31. The summed E-state index contributed by atoms with van der Waals surface area (Å²) in [7, 11) is 1.44. The van der Waals surface area contributed by atoms with Crippen molar-refractivity contribution in [3.8, 4) is 6.07 Å². The first kappa shape index (κ1) is 15.2. The summed E-state index contributed by atoms with van der Waals surface area (Å²) in [5.41, 5.74) is 0.660. The van der Waals surface area contributed by atoms with Gasteiger partial charge in [-0.3, -0.25) is 9.59 Å². The van der Waals surface area contributed by atoms with E-state index in [1.54, 1.807) is 0 Å². The van der Waals surface area contributed by atoms with Crippen molar-refractivity contribution in [2.24, 2.45) is 0 Å². The molecule has 0 atom stereocenters. The molecule has 2 N–H and O–H groups in total. The predicted octanol–water partition coefficient (Wildman–Crippen LogP) is -0.423. The molecule has 20 heavy (non-hydrogen) atoms. The topological polar surface area (TPSA) is 108 Å². The molecule has 0 saturated heterocycles. The Bertz CT molecular complexity index is 546. The zero-order valence-corrected chi connectivity index (χ0v) is 10.8. The summed E-state index contributed by atoms with van der Waals surface area (Å²) in [6.07, 6.45) is 0. The Kier molecular flexibility index (Phi) is 5.72. The van der Waals surface area contributed by atoms with Gasteiger partial charge in [-0.1, -0.05) is 0 Å². The highest BCUT2D eigenvalue weighted by atomic mass is 16.5. The van der Waals surface area contributed by atoms with E-state index in [1.165, 1.54) is 31.3 Å². The fourth-order valence-electron chi connectivity index (χ4n) is 1.21. The second-order valence-electron chi connectivity index (χ2n) is 3.72. The highest BCUT2D eigenvalue weighted by Crippen LogP contribution is 2.04. The van der Waals surface area contributed by atoms with E-state index >= 15 is 0 Å². The summed E-state index contributed by atoms with van der Waals surface area (Å²) in [5, 5.41) is 13.2. The van der Waals surface area contributed by atoms with Crippen LogP contribution in [0, 0.1) is 11.3 Å². The molecule has 7 heteroatoms. The molecule has 0 spiro atoms. The van der Waals surface area contributed by atoms with E-state index in [2.05, 4.69) is 10.6 Å². The molecular formula is C13H13N3O4. The van der Waals surface area contributed by atoms with Crippen molar-refractivity contribution < 1.29 is 19.1 Å². The van der Waals surface area contributed by atoms with Gasteiger partial charge in [0.2, 0.25) is 5.91 Å². The number of nitriles is 1. The van der Waals surface area contributed by atoms with E-state index < -0.39 is 18.5 Å². The molecule has 0 aliphatic heterocycles. The molecule has 0 bridgehead atoms. The van der Waals surface area contributed by atoms with Gasteiger partial charge in [-0.2, -0.15) is 5.26 Å². The monoisotopic (exact) mass is 275 g/mol. The van der Waals surface area contributed by atoms with Crippen molar-refractivity contribution in [3.05, 3.63) is 35.4 Å². The van der Waals surface area contributed by atoms with Crippen LogP contribution in [0.25, 0.3) is 0 Å². The SMILES string of the molecule is CNC(=O)CNC(=O)COC(=O)c1ccc(C#N)cc1. The van der Waals surface area contributed by atoms with Crippen LogP contribution >= 0.6 is 0 Å². The maximum Gasteiger partial charge on any atom is 0.338 e. The highest BCUT2D eigenvalue weighted by Gasteiger charge is 2.10. The first-order valence-corrected chi connectivity index (χ1v) is 5.71. The maximum absolute atomic E-state index is 11.6. The van der Waals surface area contributed by atoms with Crippen molar-refractivity contribution in [3.63, 3.8) is 0 Å².